The van der Waals surface area contributed by atoms with Crippen LogP contribution >= 0.6 is 0 Å². The van der Waals surface area contributed by atoms with Crippen LogP contribution in [0.1, 0.15) is 41.9 Å². The summed E-state index contributed by atoms with van der Waals surface area (Å²) in [5, 5.41) is 10.2. The molecule has 132 valence electrons. The number of amides is 2. The highest BCUT2D eigenvalue weighted by Gasteiger charge is 2.25. The van der Waals surface area contributed by atoms with Crippen LogP contribution in [0.3, 0.4) is 0 Å². The Bertz CT molecular complexity index is 781. The van der Waals surface area contributed by atoms with Crippen molar-refractivity contribution < 1.29 is 9.59 Å². The van der Waals surface area contributed by atoms with Crippen LogP contribution in [-0.2, 0) is 24.2 Å². The molecule has 2 heterocycles. The predicted octanol–water partition coefficient (Wildman–Crippen LogP) is 2.40. The highest BCUT2D eigenvalue weighted by atomic mass is 16.2. The number of hydrogen-bond donors (Lipinski definition) is 2. The number of carbonyl (C=O) groups is 2. The van der Waals surface area contributed by atoms with Crippen molar-refractivity contribution in [3.05, 3.63) is 47.3 Å². The predicted molar refractivity (Wildman–Crippen MR) is 96.5 cm³/mol. The fraction of sp³-hybridized carbons (Fsp3) is 0.421. The maximum Gasteiger partial charge on any atom is 0.259 e. The molecule has 1 aliphatic rings. The number of nitrogens with zero attached hydrogens (tertiary/aromatic N) is 2. The van der Waals surface area contributed by atoms with Gasteiger partial charge in [-0.25, -0.2) is 0 Å². The van der Waals surface area contributed by atoms with Gasteiger partial charge in [-0.2, -0.15) is 5.10 Å². The Labute approximate surface area is 147 Å². The molecule has 6 nitrogen and oxygen atoms in total. The van der Waals surface area contributed by atoms with Crippen LogP contribution in [0.5, 0.6) is 0 Å². The second-order valence-electron chi connectivity index (χ2n) is 6.53. The molecule has 0 radical (unpaired) electrons. The van der Waals surface area contributed by atoms with Crippen LogP contribution < -0.4 is 10.6 Å². The zero-order valence-electron chi connectivity index (χ0n) is 14.7. The molecule has 3 rings (SSSR count). The van der Waals surface area contributed by atoms with E-state index in [1.165, 1.54) is 12.5 Å². The fourth-order valence-electron chi connectivity index (χ4n) is 3.22. The molecule has 2 N–H and O–H groups in total. The van der Waals surface area contributed by atoms with E-state index in [2.05, 4.69) is 22.7 Å². The monoisotopic (exact) mass is 340 g/mol. The molecule has 6 heteroatoms. The lowest BCUT2D eigenvalue weighted by atomic mass is 9.94. The summed E-state index contributed by atoms with van der Waals surface area (Å²) >= 11 is 0. The van der Waals surface area contributed by atoms with Crippen molar-refractivity contribution in [3.63, 3.8) is 0 Å². The Morgan fingerprint density at radius 3 is 2.96 bits per heavy atom. The van der Waals surface area contributed by atoms with E-state index in [-0.39, 0.29) is 11.8 Å². The highest BCUT2D eigenvalue weighted by Crippen LogP contribution is 2.23. The number of carbonyl (C=O) groups excluding carboxylic acids is 2. The molecule has 1 aromatic heterocycles. The molecule has 2 aromatic rings. The lowest BCUT2D eigenvalue weighted by molar-refractivity contribution is -0.119. The molecule has 25 heavy (non-hydrogen) atoms. The van der Waals surface area contributed by atoms with Crippen molar-refractivity contribution in [1.82, 2.24) is 15.1 Å². The standard InChI is InChI=1S/C19H24N4O2/c1-3-14-5-4-6-16(9-14)22-19(25)17-12-21-23-8-7-15(10-18(17)23)11-20-13(2)24/h4-6,9,12,15H,3,7-8,10-11H2,1-2H3,(H,20,24)(H,22,25). The number of fused-ring (bicyclic) bond motifs is 1. The van der Waals surface area contributed by atoms with Gasteiger partial charge in [-0.1, -0.05) is 19.1 Å². The summed E-state index contributed by atoms with van der Waals surface area (Å²) < 4.78 is 1.90. The molecule has 0 fully saturated rings. The average Bonchev–Trinajstić information content (AvgIpc) is 3.03. The van der Waals surface area contributed by atoms with E-state index in [1.54, 1.807) is 6.20 Å². The molecule has 0 saturated heterocycles. The maximum atomic E-state index is 12.7. The van der Waals surface area contributed by atoms with Crippen LogP contribution in [0.15, 0.2) is 30.5 Å². The van der Waals surface area contributed by atoms with Gasteiger partial charge < -0.3 is 10.6 Å². The quantitative estimate of drug-likeness (QED) is 0.877. The minimum atomic E-state index is -0.130. The first-order chi connectivity index (χ1) is 12.1. The summed E-state index contributed by atoms with van der Waals surface area (Å²) in [5.41, 5.74) is 3.56. The van der Waals surface area contributed by atoms with E-state index in [9.17, 15) is 9.59 Å². The maximum absolute atomic E-state index is 12.7. The molecule has 0 saturated carbocycles. The Kier molecular flexibility index (Phi) is 5.16. The zero-order valence-corrected chi connectivity index (χ0v) is 14.7. The molecule has 1 aliphatic heterocycles. The van der Waals surface area contributed by atoms with Gasteiger partial charge in [0.15, 0.2) is 0 Å². The van der Waals surface area contributed by atoms with Gasteiger partial charge in [-0.15, -0.1) is 0 Å². The van der Waals surface area contributed by atoms with Crippen molar-refractivity contribution in [1.29, 1.82) is 0 Å². The topological polar surface area (TPSA) is 76.0 Å². The van der Waals surface area contributed by atoms with E-state index >= 15 is 0 Å². The number of anilines is 1. The third kappa shape index (κ3) is 4.07. The molecular weight excluding hydrogens is 316 g/mol. The number of aryl methyl sites for hydroxylation is 2. The van der Waals surface area contributed by atoms with Crippen LogP contribution in [0.2, 0.25) is 0 Å². The molecule has 1 atom stereocenters. The van der Waals surface area contributed by atoms with E-state index in [0.29, 0.717) is 18.0 Å². The highest BCUT2D eigenvalue weighted by molar-refractivity contribution is 6.05. The Morgan fingerprint density at radius 1 is 1.36 bits per heavy atom. The van der Waals surface area contributed by atoms with Gasteiger partial charge in [0.1, 0.15) is 0 Å². The number of benzene rings is 1. The van der Waals surface area contributed by atoms with E-state index in [0.717, 1.165) is 37.2 Å². The van der Waals surface area contributed by atoms with Crippen LogP contribution in [0, 0.1) is 5.92 Å². The van der Waals surface area contributed by atoms with E-state index in [4.69, 9.17) is 0 Å². The van der Waals surface area contributed by atoms with Gasteiger partial charge in [0, 0.05) is 25.7 Å². The third-order valence-electron chi connectivity index (χ3n) is 4.66. The van der Waals surface area contributed by atoms with E-state index in [1.807, 2.05) is 28.9 Å². The summed E-state index contributed by atoms with van der Waals surface area (Å²) in [6.07, 6.45) is 4.28. The van der Waals surface area contributed by atoms with Crippen LogP contribution in [0.4, 0.5) is 5.69 Å². The summed E-state index contributed by atoms with van der Waals surface area (Å²) in [7, 11) is 0. The first-order valence-electron chi connectivity index (χ1n) is 8.76. The lowest BCUT2D eigenvalue weighted by Crippen LogP contribution is -2.32. The Balaban J connectivity index is 1.72. The molecule has 0 aliphatic carbocycles. The van der Waals surface area contributed by atoms with Gasteiger partial charge in [0.05, 0.1) is 17.5 Å². The van der Waals surface area contributed by atoms with Crippen LogP contribution in [-0.4, -0.2) is 28.1 Å². The summed E-state index contributed by atoms with van der Waals surface area (Å²) in [4.78, 5) is 23.8. The molecule has 0 spiro atoms. The summed E-state index contributed by atoms with van der Waals surface area (Å²) in [5.74, 6) is 0.186. The van der Waals surface area contributed by atoms with Crippen molar-refractivity contribution in [3.8, 4) is 0 Å². The number of aromatic nitrogens is 2. The van der Waals surface area contributed by atoms with Gasteiger partial charge in [-0.3, -0.25) is 14.3 Å². The van der Waals surface area contributed by atoms with Crippen molar-refractivity contribution in [2.45, 2.75) is 39.7 Å². The first kappa shape index (κ1) is 17.2. The van der Waals surface area contributed by atoms with Gasteiger partial charge in [-0.05, 0) is 42.9 Å². The smallest absolute Gasteiger partial charge is 0.259 e. The van der Waals surface area contributed by atoms with Gasteiger partial charge in [0.2, 0.25) is 5.91 Å². The summed E-state index contributed by atoms with van der Waals surface area (Å²) in [6, 6.07) is 7.88. The molecule has 0 bridgehead atoms. The fourth-order valence-corrected chi connectivity index (χ4v) is 3.22. The summed E-state index contributed by atoms with van der Waals surface area (Å²) in [6.45, 7) is 5.03. The van der Waals surface area contributed by atoms with Gasteiger partial charge in [0.25, 0.3) is 5.91 Å². The lowest BCUT2D eigenvalue weighted by Gasteiger charge is -2.24. The second-order valence-corrected chi connectivity index (χ2v) is 6.53. The van der Waals surface area contributed by atoms with Crippen molar-refractivity contribution in [2.24, 2.45) is 5.92 Å². The van der Waals surface area contributed by atoms with Crippen molar-refractivity contribution >= 4 is 17.5 Å². The Morgan fingerprint density at radius 2 is 2.20 bits per heavy atom. The molecule has 1 unspecified atom stereocenters. The minimum absolute atomic E-state index is 0.0205. The second kappa shape index (κ2) is 7.51. The number of hydrogen-bond acceptors (Lipinski definition) is 3. The van der Waals surface area contributed by atoms with E-state index < -0.39 is 0 Å². The van der Waals surface area contributed by atoms with Crippen LogP contribution in [0.25, 0.3) is 0 Å². The van der Waals surface area contributed by atoms with Crippen molar-refractivity contribution in [2.75, 3.05) is 11.9 Å². The van der Waals surface area contributed by atoms with Gasteiger partial charge >= 0.3 is 0 Å². The third-order valence-corrected chi connectivity index (χ3v) is 4.66. The Hall–Kier alpha value is -2.63. The molecular formula is C19H24N4O2. The zero-order chi connectivity index (χ0) is 17.8. The number of nitrogens with one attached hydrogen (secondary N) is 2. The largest absolute Gasteiger partial charge is 0.356 e. The first-order valence-corrected chi connectivity index (χ1v) is 8.76. The normalized spacial score (nSPS) is 16.2. The average molecular weight is 340 g/mol. The molecule has 1 aromatic carbocycles. The SMILES string of the molecule is CCc1cccc(NC(=O)c2cnn3c2CC(CNC(C)=O)CC3)c1. The minimum Gasteiger partial charge on any atom is -0.356 e. The number of rotatable bonds is 5. The molecule has 2 amide bonds.